The summed E-state index contributed by atoms with van der Waals surface area (Å²) in [6.45, 7) is 3.27. The van der Waals surface area contributed by atoms with Gasteiger partial charge in [-0.15, -0.1) is 0 Å². The Hall–Kier alpha value is -3.01. The molecule has 5 rings (SSSR count). The monoisotopic (exact) mass is 480 g/mol. The Morgan fingerprint density at radius 2 is 1.85 bits per heavy atom. The van der Waals surface area contributed by atoms with Gasteiger partial charge in [0.2, 0.25) is 10.0 Å². The number of amides is 1. The predicted octanol–water partition coefficient (Wildman–Crippen LogP) is 3.20. The van der Waals surface area contributed by atoms with Crippen LogP contribution < -0.4 is 5.32 Å². The van der Waals surface area contributed by atoms with E-state index in [4.69, 9.17) is 9.84 Å². The molecule has 1 N–H and O–H groups in total. The molecule has 1 aliphatic carbocycles. The molecule has 0 saturated carbocycles. The Kier molecular flexibility index (Phi) is 6.24. The number of rotatable bonds is 6. The van der Waals surface area contributed by atoms with Crippen LogP contribution in [-0.4, -0.2) is 54.7 Å². The van der Waals surface area contributed by atoms with Crippen molar-refractivity contribution in [2.24, 2.45) is 0 Å². The zero-order valence-corrected chi connectivity index (χ0v) is 20.0. The molecule has 3 aromatic rings. The minimum atomic E-state index is -3.73. The number of anilines is 1. The van der Waals surface area contributed by atoms with E-state index in [-0.39, 0.29) is 10.8 Å². The normalized spacial score (nSPS) is 16.4. The first kappa shape index (κ1) is 22.8. The van der Waals surface area contributed by atoms with E-state index >= 15 is 0 Å². The highest BCUT2D eigenvalue weighted by atomic mass is 32.2. The summed E-state index contributed by atoms with van der Waals surface area (Å²) >= 11 is 0. The lowest BCUT2D eigenvalue weighted by Crippen LogP contribution is -2.41. The molecule has 1 saturated heterocycles. The summed E-state index contributed by atoms with van der Waals surface area (Å²) in [6, 6.07) is 14.6. The van der Waals surface area contributed by atoms with Gasteiger partial charge in [0, 0.05) is 24.2 Å². The summed E-state index contributed by atoms with van der Waals surface area (Å²) in [4.78, 5) is 13.6. The topological polar surface area (TPSA) is 93.5 Å². The van der Waals surface area contributed by atoms with Gasteiger partial charge in [0.25, 0.3) is 5.91 Å². The van der Waals surface area contributed by atoms with Crippen LogP contribution in [0.3, 0.4) is 0 Å². The van der Waals surface area contributed by atoms with E-state index < -0.39 is 10.0 Å². The van der Waals surface area contributed by atoms with Crippen LogP contribution in [-0.2, 0) is 34.0 Å². The van der Waals surface area contributed by atoms with Crippen molar-refractivity contribution in [3.63, 3.8) is 0 Å². The van der Waals surface area contributed by atoms with Crippen molar-refractivity contribution in [1.29, 1.82) is 0 Å². The maximum atomic E-state index is 13.4. The molecule has 0 bridgehead atoms. The van der Waals surface area contributed by atoms with Gasteiger partial charge in [-0.05, 0) is 55.5 Å². The van der Waals surface area contributed by atoms with E-state index in [0.29, 0.717) is 49.7 Å². The van der Waals surface area contributed by atoms with Crippen LogP contribution in [0.25, 0.3) is 5.69 Å². The number of nitrogens with zero attached hydrogens (tertiary/aromatic N) is 3. The summed E-state index contributed by atoms with van der Waals surface area (Å²) in [5.74, 6) is 0.300. The van der Waals surface area contributed by atoms with Gasteiger partial charge in [-0.2, -0.15) is 9.40 Å². The molecule has 1 aliphatic heterocycles. The van der Waals surface area contributed by atoms with Gasteiger partial charge in [0.05, 0.1) is 29.5 Å². The van der Waals surface area contributed by atoms with Crippen LogP contribution in [0.15, 0.2) is 53.4 Å². The molecule has 1 aromatic heterocycles. The molecule has 2 heterocycles. The molecular weight excluding hydrogens is 452 g/mol. The summed E-state index contributed by atoms with van der Waals surface area (Å²) < 4.78 is 35.3. The highest BCUT2D eigenvalue weighted by Gasteiger charge is 2.30. The Balaban J connectivity index is 1.49. The third-order valence-electron chi connectivity index (χ3n) is 6.44. The maximum absolute atomic E-state index is 13.4. The SMILES string of the molecule is CCc1ccc(C(=O)Nc2c3c(nn2-c2ccccc2)CCC3)cc1S(=O)(=O)N1CCOCC1. The second kappa shape index (κ2) is 9.32. The molecule has 34 heavy (non-hydrogen) atoms. The molecule has 0 radical (unpaired) electrons. The first-order chi connectivity index (χ1) is 16.5. The minimum absolute atomic E-state index is 0.186. The Morgan fingerprint density at radius 3 is 2.59 bits per heavy atom. The van der Waals surface area contributed by atoms with Crippen LogP contribution in [0.4, 0.5) is 5.82 Å². The molecule has 1 amide bonds. The molecule has 178 valence electrons. The molecule has 8 nitrogen and oxygen atoms in total. The number of carbonyl (C=O) groups is 1. The Bertz CT molecular complexity index is 1310. The van der Waals surface area contributed by atoms with Gasteiger partial charge in [0.1, 0.15) is 5.82 Å². The number of sulfonamides is 1. The predicted molar refractivity (Wildman–Crippen MR) is 129 cm³/mol. The summed E-state index contributed by atoms with van der Waals surface area (Å²) in [5.41, 5.74) is 3.90. The van der Waals surface area contributed by atoms with Gasteiger partial charge in [-0.1, -0.05) is 31.2 Å². The van der Waals surface area contributed by atoms with Crippen molar-refractivity contribution in [3.8, 4) is 5.69 Å². The zero-order chi connectivity index (χ0) is 23.7. The van der Waals surface area contributed by atoms with E-state index in [9.17, 15) is 13.2 Å². The number of ether oxygens (including phenoxy) is 1. The average Bonchev–Trinajstić information content (AvgIpc) is 3.47. The highest BCUT2D eigenvalue weighted by molar-refractivity contribution is 7.89. The average molecular weight is 481 g/mol. The van der Waals surface area contributed by atoms with Crippen LogP contribution in [0.2, 0.25) is 0 Å². The van der Waals surface area contributed by atoms with Crippen molar-refractivity contribution in [1.82, 2.24) is 14.1 Å². The fraction of sp³-hybridized carbons (Fsp3) is 0.360. The highest BCUT2D eigenvalue weighted by Crippen LogP contribution is 2.31. The number of fused-ring (bicyclic) bond motifs is 1. The number of para-hydroxylation sites is 1. The zero-order valence-electron chi connectivity index (χ0n) is 19.2. The smallest absolute Gasteiger partial charge is 0.256 e. The lowest BCUT2D eigenvalue weighted by molar-refractivity contribution is 0.0730. The van der Waals surface area contributed by atoms with Crippen molar-refractivity contribution in [3.05, 3.63) is 70.9 Å². The van der Waals surface area contributed by atoms with E-state index in [1.165, 1.54) is 10.4 Å². The number of aryl methyl sites for hydroxylation is 2. The first-order valence-electron chi connectivity index (χ1n) is 11.7. The standard InChI is InChI=1S/C25H28N4O4S/c1-2-18-11-12-19(17-23(18)34(31,32)28-13-15-33-16-14-28)25(30)26-24-21-9-6-10-22(21)27-29(24)20-7-4-3-5-8-20/h3-5,7-8,11-12,17H,2,6,9-10,13-16H2,1H3,(H,26,30). The fourth-order valence-electron chi connectivity index (χ4n) is 4.61. The first-order valence-corrected chi connectivity index (χ1v) is 13.1. The van der Waals surface area contributed by atoms with E-state index in [1.807, 2.05) is 37.3 Å². The maximum Gasteiger partial charge on any atom is 0.256 e. The lowest BCUT2D eigenvalue weighted by Gasteiger charge is -2.27. The fourth-order valence-corrected chi connectivity index (χ4v) is 6.34. The van der Waals surface area contributed by atoms with Crippen LogP contribution in [0, 0.1) is 0 Å². The van der Waals surface area contributed by atoms with Gasteiger partial charge in [0.15, 0.2) is 0 Å². The van der Waals surface area contributed by atoms with Crippen LogP contribution in [0.1, 0.15) is 40.5 Å². The molecule has 9 heteroatoms. The number of hydrogen-bond donors (Lipinski definition) is 1. The lowest BCUT2D eigenvalue weighted by atomic mass is 10.1. The van der Waals surface area contributed by atoms with E-state index in [0.717, 1.165) is 36.2 Å². The third-order valence-corrected chi connectivity index (χ3v) is 8.42. The van der Waals surface area contributed by atoms with Crippen molar-refractivity contribution in [2.75, 3.05) is 31.6 Å². The quantitative estimate of drug-likeness (QED) is 0.585. The molecule has 2 aromatic carbocycles. The third kappa shape index (κ3) is 4.15. The number of morpholine rings is 1. The molecule has 2 aliphatic rings. The van der Waals surface area contributed by atoms with Gasteiger partial charge in [-0.3, -0.25) is 4.79 Å². The summed E-state index contributed by atoms with van der Waals surface area (Å²) in [5, 5.41) is 7.78. The number of aromatic nitrogens is 2. The molecular formula is C25H28N4O4S. The number of hydrogen-bond acceptors (Lipinski definition) is 5. The molecule has 0 spiro atoms. The number of nitrogens with one attached hydrogen (secondary N) is 1. The van der Waals surface area contributed by atoms with Crippen molar-refractivity contribution < 1.29 is 17.9 Å². The Labute approximate surface area is 199 Å². The summed E-state index contributed by atoms with van der Waals surface area (Å²) in [7, 11) is -3.73. The summed E-state index contributed by atoms with van der Waals surface area (Å²) in [6.07, 6.45) is 3.28. The molecule has 0 unspecified atom stereocenters. The molecule has 0 atom stereocenters. The van der Waals surface area contributed by atoms with Crippen molar-refractivity contribution >= 4 is 21.7 Å². The van der Waals surface area contributed by atoms with Crippen molar-refractivity contribution in [2.45, 2.75) is 37.5 Å². The second-order valence-electron chi connectivity index (χ2n) is 8.52. The largest absolute Gasteiger partial charge is 0.379 e. The van der Waals surface area contributed by atoms with E-state index in [2.05, 4.69) is 5.32 Å². The number of benzene rings is 2. The van der Waals surface area contributed by atoms with Gasteiger partial charge >= 0.3 is 0 Å². The van der Waals surface area contributed by atoms with E-state index in [1.54, 1.807) is 16.8 Å². The molecule has 1 fully saturated rings. The van der Waals surface area contributed by atoms with Gasteiger partial charge in [-0.25, -0.2) is 13.1 Å². The van der Waals surface area contributed by atoms with Crippen LogP contribution >= 0.6 is 0 Å². The van der Waals surface area contributed by atoms with Crippen LogP contribution in [0.5, 0.6) is 0 Å². The Morgan fingerprint density at radius 1 is 1.09 bits per heavy atom. The second-order valence-corrected chi connectivity index (χ2v) is 10.4. The number of carbonyl (C=O) groups excluding carboxylic acids is 1. The van der Waals surface area contributed by atoms with Gasteiger partial charge < -0.3 is 10.1 Å². The minimum Gasteiger partial charge on any atom is -0.379 e.